The van der Waals surface area contributed by atoms with Gasteiger partial charge in [0.05, 0.1) is 7.11 Å². The molecule has 1 saturated heterocycles. The Bertz CT molecular complexity index is 889. The van der Waals surface area contributed by atoms with Crippen molar-refractivity contribution in [2.24, 2.45) is 0 Å². The Morgan fingerprint density at radius 3 is 2.67 bits per heavy atom. The summed E-state index contributed by atoms with van der Waals surface area (Å²) in [6.45, 7) is 2.57. The smallest absolute Gasteiger partial charge is 0.258 e. The largest absolute Gasteiger partial charge is 0.507 e. The zero-order chi connectivity index (χ0) is 18.6. The van der Waals surface area contributed by atoms with Crippen LogP contribution in [0.5, 0.6) is 11.5 Å². The van der Waals surface area contributed by atoms with Gasteiger partial charge in [0.2, 0.25) is 0 Å². The second-order valence-electron chi connectivity index (χ2n) is 6.74. The second-order valence-corrected chi connectivity index (χ2v) is 6.74. The number of phenols is 1. The molecule has 4 rings (SSSR count). The summed E-state index contributed by atoms with van der Waals surface area (Å²) < 4.78 is 10.6. The normalized spacial score (nSPS) is 15.7. The molecule has 0 spiro atoms. The highest BCUT2D eigenvalue weighted by atomic mass is 16.5. The lowest BCUT2D eigenvalue weighted by atomic mass is 9.95. The number of hydrogen-bond donors (Lipinski definition) is 1. The number of methoxy groups -OCH3 is 1. The first-order chi connectivity index (χ1) is 13.2. The van der Waals surface area contributed by atoms with Crippen LogP contribution in [0.2, 0.25) is 0 Å². The van der Waals surface area contributed by atoms with E-state index in [0.29, 0.717) is 17.6 Å². The topological polar surface area (TPSA) is 84.5 Å². The van der Waals surface area contributed by atoms with Crippen molar-refractivity contribution in [3.05, 3.63) is 54.1 Å². The van der Waals surface area contributed by atoms with Crippen molar-refractivity contribution in [2.75, 3.05) is 20.2 Å². The number of ether oxygens (including phenoxy) is 1. The number of likely N-dealkylation sites (tertiary alicyclic amines) is 1. The van der Waals surface area contributed by atoms with Crippen molar-refractivity contribution >= 4 is 0 Å². The maximum absolute atomic E-state index is 10.2. The van der Waals surface area contributed by atoms with E-state index in [-0.39, 0.29) is 5.75 Å². The lowest BCUT2D eigenvalue weighted by Crippen LogP contribution is -2.32. The van der Waals surface area contributed by atoms with Crippen LogP contribution in [-0.4, -0.2) is 45.3 Å². The van der Waals surface area contributed by atoms with Gasteiger partial charge in [0.15, 0.2) is 5.82 Å². The summed E-state index contributed by atoms with van der Waals surface area (Å²) in [5.74, 6) is 2.55. The van der Waals surface area contributed by atoms with Crippen LogP contribution in [0.3, 0.4) is 0 Å². The van der Waals surface area contributed by atoms with Gasteiger partial charge in [-0.3, -0.25) is 9.88 Å². The predicted molar refractivity (Wildman–Crippen MR) is 99.4 cm³/mol. The van der Waals surface area contributed by atoms with Crippen molar-refractivity contribution in [3.63, 3.8) is 0 Å². The molecule has 27 heavy (non-hydrogen) atoms. The fourth-order valence-electron chi connectivity index (χ4n) is 3.41. The first-order valence-electron chi connectivity index (χ1n) is 9.05. The molecule has 0 radical (unpaired) electrons. The van der Waals surface area contributed by atoms with Crippen LogP contribution in [0, 0.1) is 0 Å². The Morgan fingerprint density at radius 2 is 1.96 bits per heavy atom. The van der Waals surface area contributed by atoms with Gasteiger partial charge in [-0.25, -0.2) is 0 Å². The Kier molecular flexibility index (Phi) is 5.02. The molecule has 3 heterocycles. The zero-order valence-corrected chi connectivity index (χ0v) is 15.2. The number of aromatic hydroxyl groups is 1. The first kappa shape index (κ1) is 17.5. The number of phenolic OH excluding ortho intramolecular Hbond substituents is 1. The summed E-state index contributed by atoms with van der Waals surface area (Å²) in [7, 11) is 1.59. The molecule has 0 saturated carbocycles. The quantitative estimate of drug-likeness (QED) is 0.742. The molecule has 1 aliphatic rings. The molecule has 1 fully saturated rings. The second kappa shape index (κ2) is 7.75. The number of nitrogens with zero attached hydrogens (tertiary/aromatic N) is 4. The van der Waals surface area contributed by atoms with Gasteiger partial charge in [-0.1, -0.05) is 11.2 Å². The van der Waals surface area contributed by atoms with Gasteiger partial charge in [0.1, 0.15) is 11.5 Å². The summed E-state index contributed by atoms with van der Waals surface area (Å²) in [5, 5.41) is 14.3. The van der Waals surface area contributed by atoms with E-state index >= 15 is 0 Å². The minimum Gasteiger partial charge on any atom is -0.507 e. The molecule has 1 aliphatic heterocycles. The van der Waals surface area contributed by atoms with Crippen LogP contribution in [-0.2, 0) is 6.54 Å². The Morgan fingerprint density at radius 1 is 1.19 bits per heavy atom. The average Bonchev–Trinajstić information content (AvgIpc) is 3.21. The third-order valence-electron chi connectivity index (χ3n) is 5.01. The van der Waals surface area contributed by atoms with E-state index in [0.717, 1.165) is 49.4 Å². The van der Waals surface area contributed by atoms with Crippen molar-refractivity contribution in [1.29, 1.82) is 0 Å². The van der Waals surface area contributed by atoms with Crippen LogP contribution in [0.25, 0.3) is 11.5 Å². The number of piperidine rings is 1. The number of benzene rings is 1. The highest BCUT2D eigenvalue weighted by Gasteiger charge is 2.25. The van der Waals surface area contributed by atoms with Crippen LogP contribution >= 0.6 is 0 Å². The monoisotopic (exact) mass is 366 g/mol. The number of rotatable bonds is 5. The summed E-state index contributed by atoms with van der Waals surface area (Å²) in [6, 6.07) is 9.17. The van der Waals surface area contributed by atoms with Crippen molar-refractivity contribution < 1.29 is 14.4 Å². The van der Waals surface area contributed by atoms with Gasteiger partial charge >= 0.3 is 0 Å². The zero-order valence-electron chi connectivity index (χ0n) is 15.2. The van der Waals surface area contributed by atoms with Crippen molar-refractivity contribution in [3.8, 4) is 23.0 Å². The predicted octanol–water partition coefficient (Wildman–Crippen LogP) is 3.23. The third kappa shape index (κ3) is 3.93. The lowest BCUT2D eigenvalue weighted by molar-refractivity contribution is 0.198. The SMILES string of the molecule is COc1ccc(CN2CCC(c3noc(-c4ccncc4)n3)CC2)c(O)c1. The molecule has 1 aromatic carbocycles. The summed E-state index contributed by atoms with van der Waals surface area (Å²) in [6.07, 6.45) is 5.36. The first-order valence-corrected chi connectivity index (χ1v) is 9.05. The van der Waals surface area contributed by atoms with E-state index in [1.807, 2.05) is 24.3 Å². The maximum atomic E-state index is 10.2. The molecule has 0 aliphatic carbocycles. The van der Waals surface area contributed by atoms with Gasteiger partial charge in [-0.2, -0.15) is 4.98 Å². The molecule has 7 heteroatoms. The van der Waals surface area contributed by atoms with Crippen molar-refractivity contribution in [2.45, 2.75) is 25.3 Å². The molecule has 0 unspecified atom stereocenters. The summed E-state index contributed by atoms with van der Waals surface area (Å²) in [5.41, 5.74) is 1.80. The maximum Gasteiger partial charge on any atom is 0.258 e. The fourth-order valence-corrected chi connectivity index (χ4v) is 3.41. The molecule has 3 aromatic rings. The van der Waals surface area contributed by atoms with Crippen LogP contribution < -0.4 is 4.74 Å². The third-order valence-corrected chi connectivity index (χ3v) is 5.01. The molecule has 7 nitrogen and oxygen atoms in total. The van der Waals surface area contributed by atoms with E-state index in [4.69, 9.17) is 9.26 Å². The molecule has 0 atom stereocenters. The average molecular weight is 366 g/mol. The molecular formula is C20H22N4O3. The molecule has 2 aromatic heterocycles. The standard InChI is InChI=1S/C20H22N4O3/c1-26-17-3-2-16(18(25)12-17)13-24-10-6-14(7-11-24)19-22-20(27-23-19)15-4-8-21-9-5-15/h2-5,8-9,12,14,25H,6-7,10-11,13H2,1H3. The number of pyridine rings is 1. The van der Waals surface area contributed by atoms with Crippen LogP contribution in [0.4, 0.5) is 0 Å². The van der Waals surface area contributed by atoms with Gasteiger partial charge in [0.25, 0.3) is 5.89 Å². The number of hydrogen-bond acceptors (Lipinski definition) is 7. The summed E-state index contributed by atoms with van der Waals surface area (Å²) >= 11 is 0. The van der Waals surface area contributed by atoms with Gasteiger partial charge in [0, 0.05) is 42.0 Å². The van der Waals surface area contributed by atoms with Gasteiger partial charge in [-0.15, -0.1) is 0 Å². The van der Waals surface area contributed by atoms with Crippen LogP contribution in [0.15, 0.2) is 47.2 Å². The lowest BCUT2D eigenvalue weighted by Gasteiger charge is -2.30. The molecule has 140 valence electrons. The Labute approximate surface area is 157 Å². The van der Waals surface area contributed by atoms with Crippen molar-refractivity contribution in [1.82, 2.24) is 20.0 Å². The molecule has 0 bridgehead atoms. The highest BCUT2D eigenvalue weighted by Crippen LogP contribution is 2.30. The minimum atomic E-state index is 0.275. The van der Waals surface area contributed by atoms with E-state index in [9.17, 15) is 5.11 Å². The van der Waals surface area contributed by atoms with E-state index in [1.165, 1.54) is 0 Å². The molecule has 0 amide bonds. The van der Waals surface area contributed by atoms with E-state index in [1.54, 1.807) is 25.6 Å². The van der Waals surface area contributed by atoms with E-state index < -0.39 is 0 Å². The Hall–Kier alpha value is -2.93. The fraction of sp³-hybridized carbons (Fsp3) is 0.350. The van der Waals surface area contributed by atoms with Crippen LogP contribution in [0.1, 0.15) is 30.1 Å². The molecule has 1 N–H and O–H groups in total. The minimum absolute atomic E-state index is 0.275. The van der Waals surface area contributed by atoms with Gasteiger partial charge < -0.3 is 14.4 Å². The number of aromatic nitrogens is 3. The van der Waals surface area contributed by atoms with E-state index in [2.05, 4.69) is 20.0 Å². The molecular weight excluding hydrogens is 344 g/mol. The Balaban J connectivity index is 1.36. The van der Waals surface area contributed by atoms with Gasteiger partial charge in [-0.05, 0) is 44.1 Å². The summed E-state index contributed by atoms with van der Waals surface area (Å²) in [4.78, 5) is 10.9. The highest BCUT2D eigenvalue weighted by molar-refractivity contribution is 5.51.